The van der Waals surface area contributed by atoms with Gasteiger partial charge in [0.1, 0.15) is 6.10 Å². The summed E-state index contributed by atoms with van der Waals surface area (Å²) in [5, 5.41) is 2.77. The number of hydrogen-bond acceptors (Lipinski definition) is 4. The maximum atomic E-state index is 11.7. The number of amides is 1. The summed E-state index contributed by atoms with van der Waals surface area (Å²) in [6, 6.07) is 7.35. The van der Waals surface area contributed by atoms with Crippen LogP contribution in [-0.2, 0) is 9.53 Å². The van der Waals surface area contributed by atoms with Crippen LogP contribution in [-0.4, -0.2) is 24.1 Å². The molecule has 1 N–H and O–H groups in total. The van der Waals surface area contributed by atoms with Gasteiger partial charge in [-0.05, 0) is 19.1 Å². The Morgan fingerprint density at radius 2 is 2.33 bits per heavy atom. The zero-order valence-electron chi connectivity index (χ0n) is 10.2. The quantitative estimate of drug-likeness (QED) is 0.899. The average Bonchev–Trinajstić information content (AvgIpc) is 2.92. The maximum absolute atomic E-state index is 11.7. The minimum Gasteiger partial charge on any atom is -0.444 e. The lowest BCUT2D eigenvalue weighted by atomic mass is 10.1. The molecule has 0 bridgehead atoms. The number of methoxy groups -OCH3 is 1. The third-order valence-corrected chi connectivity index (χ3v) is 2.57. The first kappa shape index (κ1) is 12.3. The summed E-state index contributed by atoms with van der Waals surface area (Å²) in [5.41, 5.74) is 1.55. The first-order chi connectivity index (χ1) is 8.70. The Bertz CT molecular complexity index is 523. The highest BCUT2D eigenvalue weighted by Gasteiger charge is 2.12. The molecule has 5 heteroatoms. The number of anilines is 1. The molecular formula is C13H14N2O3. The van der Waals surface area contributed by atoms with Crippen molar-refractivity contribution in [3.05, 3.63) is 36.9 Å². The highest BCUT2D eigenvalue weighted by molar-refractivity contribution is 5.94. The van der Waals surface area contributed by atoms with Crippen molar-refractivity contribution in [2.45, 2.75) is 13.0 Å². The summed E-state index contributed by atoms with van der Waals surface area (Å²) < 4.78 is 10.1. The lowest BCUT2D eigenvalue weighted by Gasteiger charge is -2.10. The fraction of sp³-hybridized carbons (Fsp3) is 0.231. The number of nitrogens with zero attached hydrogens (tertiary/aromatic N) is 1. The molecule has 0 aliphatic heterocycles. The molecule has 0 saturated heterocycles. The zero-order valence-corrected chi connectivity index (χ0v) is 10.2. The van der Waals surface area contributed by atoms with E-state index in [0.29, 0.717) is 11.4 Å². The summed E-state index contributed by atoms with van der Waals surface area (Å²) in [4.78, 5) is 15.5. The molecule has 0 aliphatic rings. The topological polar surface area (TPSA) is 64.4 Å². The van der Waals surface area contributed by atoms with E-state index in [-0.39, 0.29) is 5.91 Å². The Hall–Kier alpha value is -2.14. The first-order valence-electron chi connectivity index (χ1n) is 5.53. The number of carbonyl (C=O) groups is 1. The highest BCUT2D eigenvalue weighted by Crippen LogP contribution is 2.22. The number of rotatable bonds is 4. The molecule has 2 rings (SSSR count). The van der Waals surface area contributed by atoms with Crippen LogP contribution in [0.1, 0.15) is 6.92 Å². The number of ether oxygens (including phenoxy) is 1. The van der Waals surface area contributed by atoms with Crippen LogP contribution in [0.2, 0.25) is 0 Å². The van der Waals surface area contributed by atoms with Crippen LogP contribution in [0.25, 0.3) is 11.3 Å². The standard InChI is InChI=1S/C13H14N2O3/c1-9(17-2)13(16)15-11-5-3-4-10(6-11)12-7-14-8-18-12/h3-9H,1-2H3,(H,15,16). The molecule has 1 atom stereocenters. The Labute approximate surface area is 105 Å². The summed E-state index contributed by atoms with van der Waals surface area (Å²) in [7, 11) is 1.50. The SMILES string of the molecule is COC(C)C(=O)Nc1cccc(-c2cnco2)c1. The molecule has 18 heavy (non-hydrogen) atoms. The van der Waals surface area contributed by atoms with Crippen molar-refractivity contribution in [2.24, 2.45) is 0 Å². The van der Waals surface area contributed by atoms with Crippen LogP contribution in [0, 0.1) is 0 Å². The molecule has 1 heterocycles. The Balaban J connectivity index is 2.16. The van der Waals surface area contributed by atoms with E-state index in [4.69, 9.17) is 9.15 Å². The van der Waals surface area contributed by atoms with E-state index in [2.05, 4.69) is 10.3 Å². The Kier molecular flexibility index (Phi) is 3.74. The highest BCUT2D eigenvalue weighted by atomic mass is 16.5. The monoisotopic (exact) mass is 246 g/mol. The fourth-order valence-corrected chi connectivity index (χ4v) is 1.46. The van der Waals surface area contributed by atoms with Gasteiger partial charge in [0, 0.05) is 18.4 Å². The second-order valence-corrected chi connectivity index (χ2v) is 3.81. The molecule has 2 aromatic rings. The number of benzene rings is 1. The van der Waals surface area contributed by atoms with Gasteiger partial charge in [0.05, 0.1) is 6.20 Å². The van der Waals surface area contributed by atoms with Gasteiger partial charge in [-0.15, -0.1) is 0 Å². The predicted octanol–water partition coefficient (Wildman–Crippen LogP) is 2.32. The molecule has 1 aromatic carbocycles. The molecule has 1 unspecified atom stereocenters. The predicted molar refractivity (Wildman–Crippen MR) is 67.0 cm³/mol. The lowest BCUT2D eigenvalue weighted by Crippen LogP contribution is -2.26. The third-order valence-electron chi connectivity index (χ3n) is 2.57. The van der Waals surface area contributed by atoms with E-state index in [9.17, 15) is 4.79 Å². The number of hydrogen-bond donors (Lipinski definition) is 1. The summed E-state index contributed by atoms with van der Waals surface area (Å²) in [6.45, 7) is 1.69. The fourth-order valence-electron chi connectivity index (χ4n) is 1.46. The molecule has 5 nitrogen and oxygen atoms in total. The molecule has 0 radical (unpaired) electrons. The molecule has 1 amide bonds. The summed E-state index contributed by atoms with van der Waals surface area (Å²) >= 11 is 0. The van der Waals surface area contributed by atoms with Gasteiger partial charge in [-0.25, -0.2) is 4.98 Å². The van der Waals surface area contributed by atoms with Crippen molar-refractivity contribution >= 4 is 11.6 Å². The molecule has 0 aliphatic carbocycles. The average molecular weight is 246 g/mol. The number of carbonyl (C=O) groups excluding carboxylic acids is 1. The van der Waals surface area contributed by atoms with Gasteiger partial charge in [-0.1, -0.05) is 12.1 Å². The number of aromatic nitrogens is 1. The van der Waals surface area contributed by atoms with E-state index in [1.165, 1.54) is 13.5 Å². The minimum absolute atomic E-state index is 0.188. The smallest absolute Gasteiger partial charge is 0.253 e. The maximum Gasteiger partial charge on any atom is 0.253 e. The van der Waals surface area contributed by atoms with Crippen molar-refractivity contribution in [3.63, 3.8) is 0 Å². The Morgan fingerprint density at radius 3 is 3.00 bits per heavy atom. The number of oxazole rings is 1. The van der Waals surface area contributed by atoms with Crippen LogP contribution >= 0.6 is 0 Å². The zero-order chi connectivity index (χ0) is 13.0. The van der Waals surface area contributed by atoms with Gasteiger partial charge in [0.15, 0.2) is 12.2 Å². The minimum atomic E-state index is -0.487. The van der Waals surface area contributed by atoms with E-state index >= 15 is 0 Å². The van der Waals surface area contributed by atoms with Gasteiger partial charge in [-0.2, -0.15) is 0 Å². The van der Waals surface area contributed by atoms with Crippen molar-refractivity contribution in [2.75, 3.05) is 12.4 Å². The van der Waals surface area contributed by atoms with Gasteiger partial charge < -0.3 is 14.5 Å². The van der Waals surface area contributed by atoms with E-state index in [1.54, 1.807) is 19.2 Å². The molecule has 0 saturated carbocycles. The van der Waals surface area contributed by atoms with Crippen LogP contribution in [0.3, 0.4) is 0 Å². The largest absolute Gasteiger partial charge is 0.444 e. The van der Waals surface area contributed by atoms with Crippen molar-refractivity contribution in [1.29, 1.82) is 0 Å². The number of nitrogens with one attached hydrogen (secondary N) is 1. The normalized spacial score (nSPS) is 12.1. The van der Waals surface area contributed by atoms with Crippen molar-refractivity contribution in [1.82, 2.24) is 4.98 Å². The van der Waals surface area contributed by atoms with E-state index in [0.717, 1.165) is 5.56 Å². The van der Waals surface area contributed by atoms with E-state index < -0.39 is 6.10 Å². The molecule has 1 aromatic heterocycles. The van der Waals surface area contributed by atoms with Crippen LogP contribution in [0.4, 0.5) is 5.69 Å². The lowest BCUT2D eigenvalue weighted by molar-refractivity contribution is -0.124. The van der Waals surface area contributed by atoms with Gasteiger partial charge in [0.2, 0.25) is 0 Å². The second kappa shape index (κ2) is 5.46. The van der Waals surface area contributed by atoms with Crippen molar-refractivity contribution in [3.8, 4) is 11.3 Å². The third kappa shape index (κ3) is 2.75. The molecule has 0 spiro atoms. The second-order valence-electron chi connectivity index (χ2n) is 3.81. The molecular weight excluding hydrogens is 232 g/mol. The Morgan fingerprint density at radius 1 is 1.50 bits per heavy atom. The van der Waals surface area contributed by atoms with Gasteiger partial charge in [-0.3, -0.25) is 4.79 Å². The van der Waals surface area contributed by atoms with Crippen LogP contribution in [0.5, 0.6) is 0 Å². The van der Waals surface area contributed by atoms with Crippen LogP contribution in [0.15, 0.2) is 41.3 Å². The van der Waals surface area contributed by atoms with Gasteiger partial charge >= 0.3 is 0 Å². The molecule has 94 valence electrons. The summed E-state index contributed by atoms with van der Waals surface area (Å²) in [6.07, 6.45) is 2.51. The van der Waals surface area contributed by atoms with Crippen LogP contribution < -0.4 is 5.32 Å². The van der Waals surface area contributed by atoms with Crippen molar-refractivity contribution < 1.29 is 13.9 Å². The van der Waals surface area contributed by atoms with E-state index in [1.807, 2.05) is 18.2 Å². The summed E-state index contributed by atoms with van der Waals surface area (Å²) in [5.74, 6) is 0.470. The molecule has 0 fully saturated rings. The van der Waals surface area contributed by atoms with Gasteiger partial charge in [0.25, 0.3) is 5.91 Å². The first-order valence-corrected chi connectivity index (χ1v) is 5.53.